The molecule has 0 saturated carbocycles. The van der Waals surface area contributed by atoms with Crippen LogP contribution in [0.1, 0.15) is 29.7 Å². The Morgan fingerprint density at radius 3 is 2.95 bits per heavy atom. The number of carbonyl (C=O) groups is 1. The molecule has 110 valence electrons. The second-order valence-electron chi connectivity index (χ2n) is 5.36. The maximum Gasteiger partial charge on any atom is 0.223 e. The molecular weight excluding hydrogens is 280 g/mol. The number of nitrogens with zero attached hydrogens (tertiary/aromatic N) is 1. The molecule has 21 heavy (non-hydrogen) atoms. The monoisotopic (exact) mass is 300 g/mol. The number of carbonyl (C=O) groups excluding carboxylic acids is 1. The fourth-order valence-corrected chi connectivity index (χ4v) is 3.57. The van der Waals surface area contributed by atoms with E-state index in [2.05, 4.69) is 28.9 Å². The quantitative estimate of drug-likeness (QED) is 0.913. The van der Waals surface area contributed by atoms with E-state index in [1.165, 1.54) is 16.1 Å². The zero-order valence-corrected chi connectivity index (χ0v) is 13.0. The fraction of sp³-hybridized carbons (Fsp3) is 0.353. The Bertz CT molecular complexity index is 609. The van der Waals surface area contributed by atoms with E-state index in [4.69, 9.17) is 0 Å². The minimum Gasteiger partial charge on any atom is -0.384 e. The first kappa shape index (κ1) is 14.1. The lowest BCUT2D eigenvalue weighted by atomic mass is 9.97. The first-order valence-corrected chi connectivity index (χ1v) is 8.29. The van der Waals surface area contributed by atoms with Crippen molar-refractivity contribution in [2.75, 3.05) is 18.4 Å². The number of hydrogen-bond donors (Lipinski definition) is 1. The van der Waals surface area contributed by atoms with Gasteiger partial charge in [0.15, 0.2) is 0 Å². The molecule has 1 aliphatic heterocycles. The molecule has 4 heteroatoms. The molecule has 1 unspecified atom stereocenters. The van der Waals surface area contributed by atoms with Crippen molar-refractivity contribution in [3.63, 3.8) is 0 Å². The number of benzene rings is 1. The molecule has 1 aromatic carbocycles. The molecular formula is C17H20N2OS. The van der Waals surface area contributed by atoms with E-state index in [1.54, 1.807) is 11.3 Å². The molecule has 1 aliphatic rings. The van der Waals surface area contributed by atoms with Gasteiger partial charge in [-0.1, -0.05) is 24.3 Å². The Balaban J connectivity index is 1.65. The van der Waals surface area contributed by atoms with Crippen LogP contribution in [0.25, 0.3) is 0 Å². The molecule has 1 aromatic heterocycles. The first-order chi connectivity index (χ1) is 10.3. The normalized spacial score (nSPS) is 16.3. The molecule has 0 fully saturated rings. The Kier molecular flexibility index (Phi) is 4.25. The van der Waals surface area contributed by atoms with Crippen LogP contribution >= 0.6 is 11.3 Å². The molecule has 2 aromatic rings. The molecule has 1 amide bonds. The summed E-state index contributed by atoms with van der Waals surface area (Å²) >= 11 is 1.71. The Hall–Kier alpha value is -1.81. The maximum atomic E-state index is 12.6. The van der Waals surface area contributed by atoms with E-state index in [9.17, 15) is 4.79 Å². The van der Waals surface area contributed by atoms with Gasteiger partial charge in [-0.15, -0.1) is 11.3 Å². The van der Waals surface area contributed by atoms with Gasteiger partial charge >= 0.3 is 0 Å². The van der Waals surface area contributed by atoms with Crippen molar-refractivity contribution in [2.45, 2.75) is 25.8 Å². The smallest absolute Gasteiger partial charge is 0.223 e. The van der Waals surface area contributed by atoms with Gasteiger partial charge < -0.3 is 10.2 Å². The van der Waals surface area contributed by atoms with E-state index in [1.807, 2.05) is 30.0 Å². The summed E-state index contributed by atoms with van der Waals surface area (Å²) in [5.74, 6) is 0.542. The van der Waals surface area contributed by atoms with Crippen LogP contribution in [-0.2, 0) is 11.3 Å². The summed E-state index contributed by atoms with van der Waals surface area (Å²) in [4.78, 5) is 15.8. The van der Waals surface area contributed by atoms with Crippen molar-refractivity contribution in [3.8, 4) is 0 Å². The van der Waals surface area contributed by atoms with Crippen LogP contribution in [-0.4, -0.2) is 23.9 Å². The standard InChI is InChI=1S/C17H20N2OS/c1-2-19(12-14-6-5-9-21-14)17(20)10-13-11-18-16-8-4-3-7-15(13)16/h3-9,13,18H,2,10-12H2,1H3. The van der Waals surface area contributed by atoms with Crippen molar-refractivity contribution in [1.82, 2.24) is 4.90 Å². The van der Waals surface area contributed by atoms with Crippen molar-refractivity contribution < 1.29 is 4.79 Å². The first-order valence-electron chi connectivity index (χ1n) is 7.41. The van der Waals surface area contributed by atoms with Gasteiger partial charge in [0, 0.05) is 36.0 Å². The van der Waals surface area contributed by atoms with Gasteiger partial charge in [-0.3, -0.25) is 4.79 Å². The minimum atomic E-state index is 0.245. The van der Waals surface area contributed by atoms with E-state index >= 15 is 0 Å². The highest BCUT2D eigenvalue weighted by atomic mass is 32.1. The van der Waals surface area contributed by atoms with Crippen LogP contribution in [0.2, 0.25) is 0 Å². The minimum absolute atomic E-state index is 0.245. The predicted molar refractivity (Wildman–Crippen MR) is 87.7 cm³/mol. The Labute approximate surface area is 129 Å². The topological polar surface area (TPSA) is 32.3 Å². The molecule has 3 rings (SSSR count). The average molecular weight is 300 g/mol. The molecule has 0 radical (unpaired) electrons. The summed E-state index contributed by atoms with van der Waals surface area (Å²) in [5, 5.41) is 5.45. The third-order valence-corrected chi connectivity index (χ3v) is 4.88. The highest BCUT2D eigenvalue weighted by molar-refractivity contribution is 7.09. The third kappa shape index (κ3) is 3.10. The fourth-order valence-electron chi connectivity index (χ4n) is 2.85. The zero-order valence-electron chi connectivity index (χ0n) is 12.2. The number of hydrogen-bond acceptors (Lipinski definition) is 3. The lowest BCUT2D eigenvalue weighted by Crippen LogP contribution is -2.31. The average Bonchev–Trinajstić information content (AvgIpc) is 3.15. The van der Waals surface area contributed by atoms with Crippen LogP contribution in [0.5, 0.6) is 0 Å². The number of nitrogens with one attached hydrogen (secondary N) is 1. The largest absolute Gasteiger partial charge is 0.384 e. The highest BCUT2D eigenvalue weighted by Gasteiger charge is 2.25. The van der Waals surface area contributed by atoms with Crippen LogP contribution in [0.4, 0.5) is 5.69 Å². The maximum absolute atomic E-state index is 12.6. The number of anilines is 1. The number of rotatable bonds is 5. The predicted octanol–water partition coefficient (Wildman–Crippen LogP) is 3.70. The summed E-state index contributed by atoms with van der Waals surface area (Å²) < 4.78 is 0. The van der Waals surface area contributed by atoms with Crippen molar-refractivity contribution in [2.24, 2.45) is 0 Å². The number of thiophene rings is 1. The van der Waals surface area contributed by atoms with Crippen molar-refractivity contribution in [3.05, 3.63) is 52.2 Å². The second-order valence-corrected chi connectivity index (χ2v) is 6.39. The Morgan fingerprint density at radius 1 is 1.33 bits per heavy atom. The summed E-state index contributed by atoms with van der Waals surface area (Å²) in [5.41, 5.74) is 2.45. The van der Waals surface area contributed by atoms with Gasteiger partial charge in [0.1, 0.15) is 0 Å². The number of para-hydroxylation sites is 1. The van der Waals surface area contributed by atoms with E-state index in [0.29, 0.717) is 12.3 Å². The van der Waals surface area contributed by atoms with Gasteiger partial charge in [0.25, 0.3) is 0 Å². The molecule has 0 bridgehead atoms. The third-order valence-electron chi connectivity index (χ3n) is 4.02. The Morgan fingerprint density at radius 2 is 2.19 bits per heavy atom. The van der Waals surface area contributed by atoms with Gasteiger partial charge in [0.2, 0.25) is 5.91 Å². The molecule has 2 heterocycles. The zero-order chi connectivity index (χ0) is 14.7. The lowest BCUT2D eigenvalue weighted by molar-refractivity contribution is -0.131. The molecule has 1 atom stereocenters. The molecule has 0 spiro atoms. The molecule has 0 aliphatic carbocycles. The summed E-state index contributed by atoms with van der Waals surface area (Å²) in [6.07, 6.45) is 0.587. The van der Waals surface area contributed by atoms with Crippen LogP contribution in [0.15, 0.2) is 41.8 Å². The van der Waals surface area contributed by atoms with E-state index < -0.39 is 0 Å². The molecule has 0 saturated heterocycles. The highest BCUT2D eigenvalue weighted by Crippen LogP contribution is 2.33. The SMILES string of the molecule is CCN(Cc1cccs1)C(=O)CC1CNc2ccccc21. The van der Waals surface area contributed by atoms with Crippen LogP contribution in [0, 0.1) is 0 Å². The van der Waals surface area contributed by atoms with Crippen molar-refractivity contribution >= 4 is 22.9 Å². The summed E-state index contributed by atoms with van der Waals surface area (Å²) in [7, 11) is 0. The van der Waals surface area contributed by atoms with Gasteiger partial charge in [0.05, 0.1) is 6.54 Å². The van der Waals surface area contributed by atoms with Gasteiger partial charge in [-0.2, -0.15) is 0 Å². The van der Waals surface area contributed by atoms with Gasteiger partial charge in [-0.05, 0) is 30.0 Å². The summed E-state index contributed by atoms with van der Waals surface area (Å²) in [6, 6.07) is 12.4. The lowest BCUT2D eigenvalue weighted by Gasteiger charge is -2.22. The van der Waals surface area contributed by atoms with E-state index in [0.717, 1.165) is 19.6 Å². The van der Waals surface area contributed by atoms with E-state index in [-0.39, 0.29) is 5.91 Å². The summed E-state index contributed by atoms with van der Waals surface area (Å²) in [6.45, 7) is 4.40. The number of fused-ring (bicyclic) bond motifs is 1. The number of amides is 1. The second kappa shape index (κ2) is 6.31. The van der Waals surface area contributed by atoms with Gasteiger partial charge in [-0.25, -0.2) is 0 Å². The van der Waals surface area contributed by atoms with Crippen LogP contribution in [0.3, 0.4) is 0 Å². The molecule has 1 N–H and O–H groups in total. The van der Waals surface area contributed by atoms with Crippen LogP contribution < -0.4 is 5.32 Å². The molecule has 3 nitrogen and oxygen atoms in total. The van der Waals surface area contributed by atoms with Crippen molar-refractivity contribution in [1.29, 1.82) is 0 Å².